The third-order valence-corrected chi connectivity index (χ3v) is 6.13. The number of aromatic amines is 1. The second-order valence-electron chi connectivity index (χ2n) is 8.75. The van der Waals surface area contributed by atoms with E-state index in [-0.39, 0.29) is 11.4 Å². The minimum atomic E-state index is -0.172. The second-order valence-corrected chi connectivity index (χ2v) is 8.75. The van der Waals surface area contributed by atoms with E-state index in [9.17, 15) is 4.79 Å². The first kappa shape index (κ1) is 18.6. The van der Waals surface area contributed by atoms with Crippen LogP contribution in [-0.4, -0.2) is 42.9 Å². The van der Waals surface area contributed by atoms with Crippen molar-refractivity contribution in [3.05, 3.63) is 72.7 Å². The van der Waals surface area contributed by atoms with Crippen molar-refractivity contribution >= 4 is 16.8 Å². The molecule has 0 saturated carbocycles. The molecular formula is C24H25N5O. The Labute approximate surface area is 175 Å². The Morgan fingerprint density at radius 3 is 2.73 bits per heavy atom. The van der Waals surface area contributed by atoms with Crippen molar-refractivity contribution < 1.29 is 4.79 Å². The number of aromatic nitrogens is 4. The maximum atomic E-state index is 13.1. The van der Waals surface area contributed by atoms with Gasteiger partial charge < -0.3 is 4.90 Å². The van der Waals surface area contributed by atoms with Gasteiger partial charge in [0, 0.05) is 41.3 Å². The van der Waals surface area contributed by atoms with E-state index < -0.39 is 0 Å². The fourth-order valence-corrected chi connectivity index (χ4v) is 4.67. The largest absolute Gasteiger partial charge is 0.333 e. The standard InChI is InChI=1S/C24H25N5O/c1-24(2)11-17(15-28(24)23(30)18-6-4-3-5-7-18)16-29-22-9-8-19(10-20(22)14-27-29)21-12-25-26-13-21/h3-10,12-14,17H,11,15-16H2,1-2H3,(H,25,26). The Morgan fingerprint density at radius 2 is 1.97 bits per heavy atom. The molecule has 2 aromatic heterocycles. The highest BCUT2D eigenvalue weighted by Gasteiger charge is 2.41. The highest BCUT2D eigenvalue weighted by Crippen LogP contribution is 2.35. The fraction of sp³-hybridized carbons (Fsp3) is 0.292. The predicted octanol–water partition coefficient (Wildman–Crippen LogP) is 4.37. The minimum Gasteiger partial charge on any atom is -0.333 e. The van der Waals surface area contributed by atoms with Gasteiger partial charge in [0.2, 0.25) is 0 Å². The molecule has 3 heterocycles. The molecule has 1 unspecified atom stereocenters. The first-order valence-electron chi connectivity index (χ1n) is 10.3. The monoisotopic (exact) mass is 399 g/mol. The number of rotatable bonds is 4. The molecule has 1 amide bonds. The zero-order valence-electron chi connectivity index (χ0n) is 17.2. The van der Waals surface area contributed by atoms with Gasteiger partial charge >= 0.3 is 0 Å². The minimum absolute atomic E-state index is 0.109. The first-order valence-corrected chi connectivity index (χ1v) is 10.3. The van der Waals surface area contributed by atoms with Crippen molar-refractivity contribution in [1.82, 2.24) is 24.9 Å². The van der Waals surface area contributed by atoms with Crippen molar-refractivity contribution in [2.75, 3.05) is 6.54 Å². The summed E-state index contributed by atoms with van der Waals surface area (Å²) in [4.78, 5) is 15.1. The van der Waals surface area contributed by atoms with E-state index in [1.165, 1.54) is 0 Å². The number of fused-ring (bicyclic) bond motifs is 1. The van der Waals surface area contributed by atoms with Crippen LogP contribution in [0.25, 0.3) is 22.0 Å². The van der Waals surface area contributed by atoms with Gasteiger partial charge in [0.05, 0.1) is 17.9 Å². The average molecular weight is 399 g/mol. The van der Waals surface area contributed by atoms with E-state index in [2.05, 4.69) is 52.0 Å². The third kappa shape index (κ3) is 3.28. The number of amides is 1. The van der Waals surface area contributed by atoms with Gasteiger partial charge in [0.25, 0.3) is 5.91 Å². The van der Waals surface area contributed by atoms with E-state index in [1.54, 1.807) is 0 Å². The molecular weight excluding hydrogens is 374 g/mol. The number of H-pyrrole nitrogens is 1. The lowest BCUT2D eigenvalue weighted by Gasteiger charge is -2.31. The lowest BCUT2D eigenvalue weighted by Crippen LogP contribution is -2.42. The van der Waals surface area contributed by atoms with Gasteiger partial charge in [-0.3, -0.25) is 14.6 Å². The SMILES string of the molecule is CC1(C)CC(Cn2ncc3cc(-c4cn[nH]c4)ccc32)CN1C(=O)c1ccccc1. The number of hydrogen-bond donors (Lipinski definition) is 1. The van der Waals surface area contributed by atoms with Gasteiger partial charge in [0.1, 0.15) is 0 Å². The molecule has 1 aliphatic rings. The Bertz CT molecular complexity index is 1180. The number of carbonyl (C=O) groups excluding carboxylic acids is 1. The van der Waals surface area contributed by atoms with E-state index in [0.717, 1.165) is 47.1 Å². The molecule has 1 aliphatic heterocycles. The Balaban J connectivity index is 1.36. The Morgan fingerprint density at radius 1 is 1.13 bits per heavy atom. The van der Waals surface area contributed by atoms with Crippen LogP contribution in [0.4, 0.5) is 0 Å². The Kier molecular flexibility index (Phi) is 4.42. The highest BCUT2D eigenvalue weighted by molar-refractivity contribution is 5.95. The van der Waals surface area contributed by atoms with E-state index in [1.807, 2.05) is 53.8 Å². The molecule has 30 heavy (non-hydrogen) atoms. The van der Waals surface area contributed by atoms with Crippen LogP contribution in [0.2, 0.25) is 0 Å². The predicted molar refractivity (Wildman–Crippen MR) is 117 cm³/mol. The number of hydrogen-bond acceptors (Lipinski definition) is 3. The van der Waals surface area contributed by atoms with Gasteiger partial charge in [-0.1, -0.05) is 24.3 Å². The van der Waals surface area contributed by atoms with Crippen LogP contribution >= 0.6 is 0 Å². The average Bonchev–Trinajstić information content (AvgIpc) is 3.47. The summed E-state index contributed by atoms with van der Waals surface area (Å²) in [6.07, 6.45) is 6.60. The molecule has 152 valence electrons. The van der Waals surface area contributed by atoms with Crippen molar-refractivity contribution in [1.29, 1.82) is 0 Å². The molecule has 1 N–H and O–H groups in total. The number of carbonyl (C=O) groups is 1. The molecule has 1 atom stereocenters. The zero-order valence-corrected chi connectivity index (χ0v) is 17.2. The first-order chi connectivity index (χ1) is 14.5. The van der Waals surface area contributed by atoms with Crippen LogP contribution in [0.5, 0.6) is 0 Å². The van der Waals surface area contributed by atoms with Gasteiger partial charge in [-0.2, -0.15) is 10.2 Å². The smallest absolute Gasteiger partial charge is 0.254 e. The molecule has 0 spiro atoms. The van der Waals surface area contributed by atoms with Gasteiger partial charge in [-0.05, 0) is 56.0 Å². The van der Waals surface area contributed by atoms with Crippen LogP contribution in [-0.2, 0) is 6.54 Å². The molecule has 6 heteroatoms. The summed E-state index contributed by atoms with van der Waals surface area (Å²) < 4.78 is 2.08. The zero-order chi connectivity index (χ0) is 20.7. The molecule has 6 nitrogen and oxygen atoms in total. The number of likely N-dealkylation sites (tertiary alicyclic amines) is 1. The maximum Gasteiger partial charge on any atom is 0.254 e. The third-order valence-electron chi connectivity index (χ3n) is 6.13. The van der Waals surface area contributed by atoms with Crippen molar-refractivity contribution in [3.8, 4) is 11.1 Å². The van der Waals surface area contributed by atoms with Crippen LogP contribution in [0.1, 0.15) is 30.6 Å². The number of nitrogens with one attached hydrogen (secondary N) is 1. The normalized spacial score (nSPS) is 18.2. The van der Waals surface area contributed by atoms with Crippen LogP contribution in [0, 0.1) is 5.92 Å². The fourth-order valence-electron chi connectivity index (χ4n) is 4.67. The molecule has 2 aromatic carbocycles. The van der Waals surface area contributed by atoms with Crippen LogP contribution < -0.4 is 0 Å². The van der Waals surface area contributed by atoms with E-state index in [0.29, 0.717) is 5.92 Å². The molecule has 0 bridgehead atoms. The Hall–Kier alpha value is -3.41. The van der Waals surface area contributed by atoms with Crippen molar-refractivity contribution in [2.24, 2.45) is 5.92 Å². The topological polar surface area (TPSA) is 66.8 Å². The van der Waals surface area contributed by atoms with Gasteiger partial charge in [0.15, 0.2) is 0 Å². The molecule has 1 fully saturated rings. The van der Waals surface area contributed by atoms with Crippen molar-refractivity contribution in [3.63, 3.8) is 0 Å². The number of benzene rings is 2. The van der Waals surface area contributed by atoms with Gasteiger partial charge in [-0.25, -0.2) is 0 Å². The molecule has 1 saturated heterocycles. The molecule has 0 radical (unpaired) electrons. The second kappa shape index (κ2) is 7.13. The maximum absolute atomic E-state index is 13.1. The highest BCUT2D eigenvalue weighted by atomic mass is 16.2. The molecule has 4 aromatic rings. The summed E-state index contributed by atoms with van der Waals surface area (Å²) in [6.45, 7) is 5.87. The lowest BCUT2D eigenvalue weighted by atomic mass is 9.96. The summed E-state index contributed by atoms with van der Waals surface area (Å²) in [5.74, 6) is 0.475. The van der Waals surface area contributed by atoms with Crippen LogP contribution in [0.15, 0.2) is 67.1 Å². The van der Waals surface area contributed by atoms with E-state index >= 15 is 0 Å². The summed E-state index contributed by atoms with van der Waals surface area (Å²) in [5, 5.41) is 12.7. The summed E-state index contributed by atoms with van der Waals surface area (Å²) >= 11 is 0. The summed E-state index contributed by atoms with van der Waals surface area (Å²) in [6, 6.07) is 15.9. The summed E-state index contributed by atoms with van der Waals surface area (Å²) in [7, 11) is 0. The van der Waals surface area contributed by atoms with E-state index in [4.69, 9.17) is 0 Å². The summed E-state index contributed by atoms with van der Waals surface area (Å²) in [5.41, 5.74) is 3.89. The molecule has 5 rings (SSSR count). The van der Waals surface area contributed by atoms with Crippen LogP contribution in [0.3, 0.4) is 0 Å². The number of nitrogens with zero attached hydrogens (tertiary/aromatic N) is 4. The lowest BCUT2D eigenvalue weighted by molar-refractivity contribution is 0.0649. The molecule has 0 aliphatic carbocycles. The van der Waals surface area contributed by atoms with Crippen molar-refractivity contribution in [2.45, 2.75) is 32.4 Å². The quantitative estimate of drug-likeness (QED) is 0.554. The van der Waals surface area contributed by atoms with Gasteiger partial charge in [-0.15, -0.1) is 0 Å².